The number of hydrogen-bond donors (Lipinski definition) is 1. The molecule has 5 rings (SSSR count). The highest BCUT2D eigenvalue weighted by Crippen LogP contribution is 2.48. The first-order valence-corrected chi connectivity index (χ1v) is 12.9. The van der Waals surface area contributed by atoms with E-state index < -0.39 is 21.2 Å². The normalized spacial score (nSPS) is 19.6. The first-order chi connectivity index (χ1) is 15.4. The minimum atomic E-state index is -3.66. The lowest BCUT2D eigenvalue weighted by atomic mass is 9.93. The summed E-state index contributed by atoms with van der Waals surface area (Å²) in [6.07, 6.45) is 3.86. The van der Waals surface area contributed by atoms with Crippen molar-refractivity contribution in [2.45, 2.75) is 28.9 Å². The van der Waals surface area contributed by atoms with Gasteiger partial charge in [0.05, 0.1) is 5.69 Å². The van der Waals surface area contributed by atoms with Gasteiger partial charge in [-0.1, -0.05) is 30.3 Å². The lowest BCUT2D eigenvalue weighted by molar-refractivity contribution is -0.137. The molecule has 2 atom stereocenters. The van der Waals surface area contributed by atoms with Crippen LogP contribution >= 0.6 is 11.8 Å². The predicted octanol–water partition coefficient (Wildman–Crippen LogP) is 4.69. The SMILES string of the molecule is O=C(O)CCC1CN(S(=O)(=O)C2CSc3ccccc32)c2ccc(-c3cccnc3)cc21. The van der Waals surface area contributed by atoms with Gasteiger partial charge in [-0.2, -0.15) is 0 Å². The number of thioether (sulfide) groups is 1. The second-order valence-electron chi connectivity index (χ2n) is 8.06. The van der Waals surface area contributed by atoms with Crippen molar-refractivity contribution in [1.82, 2.24) is 4.98 Å². The van der Waals surface area contributed by atoms with Crippen LogP contribution in [0.3, 0.4) is 0 Å². The molecule has 2 aromatic carbocycles. The Morgan fingerprint density at radius 2 is 1.94 bits per heavy atom. The van der Waals surface area contributed by atoms with E-state index in [1.54, 1.807) is 24.2 Å². The first kappa shape index (κ1) is 21.0. The zero-order valence-corrected chi connectivity index (χ0v) is 18.8. The van der Waals surface area contributed by atoms with E-state index in [0.29, 0.717) is 17.9 Å². The molecule has 0 fully saturated rings. The molecule has 2 aliphatic rings. The molecule has 2 unspecified atom stereocenters. The number of aromatic nitrogens is 1. The van der Waals surface area contributed by atoms with Crippen LogP contribution in [0.25, 0.3) is 11.1 Å². The van der Waals surface area contributed by atoms with Crippen molar-refractivity contribution in [3.63, 3.8) is 0 Å². The minimum absolute atomic E-state index is 0.00275. The fourth-order valence-electron chi connectivity index (χ4n) is 4.54. The van der Waals surface area contributed by atoms with Crippen molar-refractivity contribution >= 4 is 33.4 Å². The second-order valence-corrected chi connectivity index (χ2v) is 11.2. The Kier molecular flexibility index (Phi) is 5.43. The molecule has 1 N–H and O–H groups in total. The zero-order chi connectivity index (χ0) is 22.3. The Morgan fingerprint density at radius 3 is 2.72 bits per heavy atom. The number of rotatable bonds is 6. The van der Waals surface area contributed by atoms with Crippen LogP contribution in [0.5, 0.6) is 0 Å². The number of fused-ring (bicyclic) bond motifs is 2. The first-order valence-electron chi connectivity index (χ1n) is 10.4. The standard InChI is InChI=1S/C24H22N2O4S2/c27-24(28)10-8-18-14-26(32(29,30)23-15-31-22-6-2-1-5-19(22)23)21-9-7-16(12-20(18)21)17-4-3-11-25-13-17/h1-7,9,11-13,18,23H,8,10,14-15H2,(H,27,28). The van der Waals surface area contributed by atoms with Crippen LogP contribution in [-0.2, 0) is 14.8 Å². The van der Waals surface area contributed by atoms with Crippen molar-refractivity contribution in [3.05, 3.63) is 78.1 Å². The van der Waals surface area contributed by atoms with Crippen LogP contribution in [0.15, 0.2) is 71.9 Å². The second kappa shape index (κ2) is 8.26. The van der Waals surface area contributed by atoms with E-state index >= 15 is 0 Å². The summed E-state index contributed by atoms with van der Waals surface area (Å²) >= 11 is 1.57. The lowest BCUT2D eigenvalue weighted by Gasteiger charge is -2.24. The molecule has 164 valence electrons. The van der Waals surface area contributed by atoms with E-state index in [1.165, 1.54) is 4.31 Å². The highest BCUT2D eigenvalue weighted by molar-refractivity contribution is 8.01. The van der Waals surface area contributed by atoms with Gasteiger partial charge in [0.25, 0.3) is 0 Å². The third kappa shape index (κ3) is 3.67. The molecule has 0 saturated carbocycles. The van der Waals surface area contributed by atoms with Gasteiger partial charge in [-0.15, -0.1) is 11.8 Å². The van der Waals surface area contributed by atoms with E-state index in [0.717, 1.165) is 27.1 Å². The molecule has 32 heavy (non-hydrogen) atoms. The quantitative estimate of drug-likeness (QED) is 0.567. The van der Waals surface area contributed by atoms with Gasteiger partial charge >= 0.3 is 5.97 Å². The van der Waals surface area contributed by atoms with E-state index in [1.807, 2.05) is 54.6 Å². The number of pyridine rings is 1. The summed E-state index contributed by atoms with van der Waals surface area (Å²) < 4.78 is 29.1. The number of nitrogens with zero attached hydrogens (tertiary/aromatic N) is 2. The molecule has 1 aromatic heterocycles. The van der Waals surface area contributed by atoms with Crippen molar-refractivity contribution in [2.75, 3.05) is 16.6 Å². The summed E-state index contributed by atoms with van der Waals surface area (Å²) in [6.45, 7) is 0.269. The Balaban J connectivity index is 1.55. The van der Waals surface area contributed by atoms with Crippen LogP contribution in [-0.4, -0.2) is 36.8 Å². The van der Waals surface area contributed by atoms with E-state index in [9.17, 15) is 18.3 Å². The van der Waals surface area contributed by atoms with Crippen molar-refractivity contribution in [2.24, 2.45) is 0 Å². The molecular weight excluding hydrogens is 444 g/mol. The molecule has 0 bridgehead atoms. The molecule has 0 radical (unpaired) electrons. The van der Waals surface area contributed by atoms with Gasteiger partial charge in [0.2, 0.25) is 10.0 Å². The predicted molar refractivity (Wildman–Crippen MR) is 125 cm³/mol. The van der Waals surface area contributed by atoms with Gasteiger partial charge in [-0.3, -0.25) is 14.1 Å². The fraction of sp³-hybridized carbons (Fsp3) is 0.250. The largest absolute Gasteiger partial charge is 0.481 e. The number of hydrogen-bond acceptors (Lipinski definition) is 5. The molecular formula is C24H22N2O4S2. The molecule has 8 heteroatoms. The fourth-order valence-corrected chi connectivity index (χ4v) is 8.23. The third-order valence-electron chi connectivity index (χ3n) is 6.15. The van der Waals surface area contributed by atoms with Gasteiger partial charge in [0.1, 0.15) is 5.25 Å². The number of carboxylic acids is 1. The number of benzene rings is 2. The highest BCUT2D eigenvalue weighted by atomic mass is 32.2. The van der Waals surface area contributed by atoms with Crippen LogP contribution < -0.4 is 4.31 Å². The molecule has 2 aliphatic heterocycles. The summed E-state index contributed by atoms with van der Waals surface area (Å²) in [5.74, 6) is -0.560. The number of carboxylic acid groups (broad SMARTS) is 1. The molecule has 0 spiro atoms. The lowest BCUT2D eigenvalue weighted by Crippen LogP contribution is -2.34. The third-order valence-corrected chi connectivity index (χ3v) is 9.64. The van der Waals surface area contributed by atoms with Crippen LogP contribution in [0.4, 0.5) is 5.69 Å². The van der Waals surface area contributed by atoms with Gasteiger partial charge in [-0.25, -0.2) is 8.42 Å². The van der Waals surface area contributed by atoms with Gasteiger partial charge in [0, 0.05) is 41.9 Å². The minimum Gasteiger partial charge on any atom is -0.481 e. The summed E-state index contributed by atoms with van der Waals surface area (Å²) in [5.41, 5.74) is 4.27. The van der Waals surface area contributed by atoms with Gasteiger partial charge in [0.15, 0.2) is 0 Å². The van der Waals surface area contributed by atoms with Crippen LogP contribution in [0.1, 0.15) is 35.1 Å². The van der Waals surface area contributed by atoms with Crippen molar-refractivity contribution in [3.8, 4) is 11.1 Å². The number of sulfonamides is 1. The summed E-state index contributed by atoms with van der Waals surface area (Å²) in [6, 6.07) is 17.2. The number of anilines is 1. The van der Waals surface area contributed by atoms with Crippen LogP contribution in [0.2, 0.25) is 0 Å². The summed E-state index contributed by atoms with van der Waals surface area (Å²) in [7, 11) is -3.66. The van der Waals surface area contributed by atoms with Gasteiger partial charge in [-0.05, 0) is 52.9 Å². The maximum atomic E-state index is 13.8. The van der Waals surface area contributed by atoms with Gasteiger partial charge < -0.3 is 5.11 Å². The molecule has 3 heterocycles. The molecule has 0 saturated heterocycles. The van der Waals surface area contributed by atoms with Crippen LogP contribution in [0, 0.1) is 0 Å². The Hall–Kier alpha value is -2.84. The molecule has 0 amide bonds. The highest BCUT2D eigenvalue weighted by Gasteiger charge is 2.43. The average Bonchev–Trinajstić information content (AvgIpc) is 3.40. The van der Waals surface area contributed by atoms with E-state index in [2.05, 4.69) is 4.98 Å². The van der Waals surface area contributed by atoms with E-state index in [4.69, 9.17) is 0 Å². The monoisotopic (exact) mass is 466 g/mol. The summed E-state index contributed by atoms with van der Waals surface area (Å²) in [5, 5.41) is 8.62. The molecule has 0 aliphatic carbocycles. The Morgan fingerprint density at radius 1 is 1.09 bits per heavy atom. The smallest absolute Gasteiger partial charge is 0.303 e. The molecule has 3 aromatic rings. The maximum Gasteiger partial charge on any atom is 0.303 e. The maximum absolute atomic E-state index is 13.8. The Bertz CT molecular complexity index is 1280. The average molecular weight is 467 g/mol. The number of aliphatic carboxylic acids is 1. The Labute approximate surface area is 191 Å². The molecule has 6 nitrogen and oxygen atoms in total. The number of carbonyl (C=O) groups is 1. The van der Waals surface area contributed by atoms with E-state index in [-0.39, 0.29) is 18.9 Å². The summed E-state index contributed by atoms with van der Waals surface area (Å²) in [4.78, 5) is 16.4. The van der Waals surface area contributed by atoms with Crippen molar-refractivity contribution < 1.29 is 18.3 Å². The zero-order valence-electron chi connectivity index (χ0n) is 17.2. The topological polar surface area (TPSA) is 87.6 Å². The van der Waals surface area contributed by atoms with Crippen molar-refractivity contribution in [1.29, 1.82) is 0 Å².